The Hall–Kier alpha value is -1.86. The number of aryl methyl sites for hydroxylation is 2. The van der Waals surface area contributed by atoms with Crippen LogP contribution in [0.5, 0.6) is 0 Å². The molecule has 0 radical (unpaired) electrons. The van der Waals surface area contributed by atoms with Crippen molar-refractivity contribution in [2.75, 3.05) is 24.8 Å². The molecular weight excluding hydrogens is 336 g/mol. The van der Waals surface area contributed by atoms with E-state index in [9.17, 15) is 4.79 Å². The first kappa shape index (κ1) is 19.5. The molecule has 0 atom stereocenters. The van der Waals surface area contributed by atoms with Gasteiger partial charge in [-0.05, 0) is 30.4 Å². The zero-order chi connectivity index (χ0) is 18.2. The predicted molar refractivity (Wildman–Crippen MR) is 101 cm³/mol. The van der Waals surface area contributed by atoms with Crippen molar-refractivity contribution in [3.63, 3.8) is 0 Å². The van der Waals surface area contributed by atoms with Gasteiger partial charge in [-0.3, -0.25) is 4.79 Å². The number of benzene rings is 1. The molecule has 1 heterocycles. The monoisotopic (exact) mass is 362 g/mol. The summed E-state index contributed by atoms with van der Waals surface area (Å²) in [6.07, 6.45) is 2.57. The second-order valence-corrected chi connectivity index (χ2v) is 7.13. The average Bonchev–Trinajstić information content (AvgIpc) is 3.02. The van der Waals surface area contributed by atoms with E-state index >= 15 is 0 Å². The molecule has 1 N–H and O–H groups in total. The normalized spacial score (nSPS) is 11.1. The summed E-state index contributed by atoms with van der Waals surface area (Å²) in [5.41, 5.74) is 3.15. The molecule has 2 rings (SSSR count). The minimum atomic E-state index is -0.0346. The molecule has 0 aliphatic rings. The third-order valence-electron chi connectivity index (χ3n) is 3.85. The highest BCUT2D eigenvalue weighted by molar-refractivity contribution is 7.99. The zero-order valence-electron chi connectivity index (χ0n) is 15.3. The lowest BCUT2D eigenvalue weighted by molar-refractivity contribution is -0.113. The van der Waals surface area contributed by atoms with Gasteiger partial charge in [-0.2, -0.15) is 0 Å². The number of carbonyl (C=O) groups excluding carboxylic acids is 1. The quantitative estimate of drug-likeness (QED) is 0.546. The van der Waals surface area contributed by atoms with Crippen molar-refractivity contribution >= 4 is 23.4 Å². The lowest BCUT2D eigenvalue weighted by atomic mass is 9.98. The first-order valence-electron chi connectivity index (χ1n) is 8.41. The number of nitrogens with one attached hydrogen (secondary N) is 1. The van der Waals surface area contributed by atoms with Gasteiger partial charge in [-0.25, -0.2) is 0 Å². The molecule has 25 heavy (non-hydrogen) atoms. The molecule has 2 aromatic rings. The average molecular weight is 362 g/mol. The molecule has 6 nitrogen and oxygen atoms in total. The number of thioether (sulfide) groups is 1. The molecule has 0 saturated heterocycles. The number of carbonyl (C=O) groups is 1. The lowest BCUT2D eigenvalue weighted by Crippen LogP contribution is -2.17. The maximum Gasteiger partial charge on any atom is 0.234 e. The summed E-state index contributed by atoms with van der Waals surface area (Å²) in [4.78, 5) is 12.4. The smallest absolute Gasteiger partial charge is 0.234 e. The van der Waals surface area contributed by atoms with E-state index in [2.05, 4.69) is 35.4 Å². The Morgan fingerprint density at radius 3 is 2.92 bits per heavy atom. The Bertz CT molecular complexity index is 700. The topological polar surface area (TPSA) is 69.0 Å². The summed E-state index contributed by atoms with van der Waals surface area (Å²) in [6, 6.07) is 6.10. The van der Waals surface area contributed by atoms with Gasteiger partial charge in [0.25, 0.3) is 0 Å². The summed E-state index contributed by atoms with van der Waals surface area (Å²) in [6.45, 7) is 7.73. The van der Waals surface area contributed by atoms with E-state index in [1.165, 1.54) is 11.8 Å². The van der Waals surface area contributed by atoms with Crippen LogP contribution in [-0.4, -0.2) is 40.1 Å². The second kappa shape index (κ2) is 9.58. The molecule has 0 aliphatic carbocycles. The Balaban J connectivity index is 1.95. The van der Waals surface area contributed by atoms with Crippen LogP contribution in [-0.2, 0) is 16.1 Å². The van der Waals surface area contributed by atoms with Crippen molar-refractivity contribution in [1.29, 1.82) is 0 Å². The summed E-state index contributed by atoms with van der Waals surface area (Å²) in [7, 11) is 1.68. The first-order chi connectivity index (χ1) is 12.0. The van der Waals surface area contributed by atoms with E-state index in [0.29, 0.717) is 18.3 Å². The fraction of sp³-hybridized carbons (Fsp3) is 0.500. The molecule has 1 aromatic carbocycles. The second-order valence-electron chi connectivity index (χ2n) is 6.18. The number of hydrogen-bond acceptors (Lipinski definition) is 5. The van der Waals surface area contributed by atoms with Crippen LogP contribution in [0.3, 0.4) is 0 Å². The molecule has 0 bridgehead atoms. The maximum absolute atomic E-state index is 12.4. The number of methoxy groups -OCH3 is 1. The Kier molecular flexibility index (Phi) is 7.46. The van der Waals surface area contributed by atoms with Gasteiger partial charge in [-0.1, -0.05) is 43.8 Å². The van der Waals surface area contributed by atoms with Gasteiger partial charge in [-0.15, -0.1) is 10.2 Å². The van der Waals surface area contributed by atoms with E-state index in [0.717, 1.165) is 34.9 Å². The third kappa shape index (κ3) is 5.57. The molecule has 0 spiro atoms. The van der Waals surface area contributed by atoms with Crippen LogP contribution >= 0.6 is 11.8 Å². The first-order valence-corrected chi connectivity index (χ1v) is 9.40. The lowest BCUT2D eigenvalue weighted by Gasteiger charge is -2.16. The van der Waals surface area contributed by atoms with Gasteiger partial charge in [0.1, 0.15) is 6.33 Å². The highest BCUT2D eigenvalue weighted by atomic mass is 32.2. The SMILES string of the molecule is COCCCn1cnnc1SCC(=O)Nc1c(C)cccc1C(C)C. The van der Waals surface area contributed by atoms with Crippen LogP contribution in [0.1, 0.15) is 37.3 Å². The zero-order valence-corrected chi connectivity index (χ0v) is 16.1. The molecule has 0 saturated carbocycles. The number of hydrogen-bond donors (Lipinski definition) is 1. The predicted octanol–water partition coefficient (Wildman–Crippen LogP) is 3.48. The molecular formula is C18H26N4O2S. The Labute approximate surface area is 153 Å². The number of aromatic nitrogens is 3. The fourth-order valence-electron chi connectivity index (χ4n) is 2.54. The summed E-state index contributed by atoms with van der Waals surface area (Å²) in [5.74, 6) is 0.619. The van der Waals surface area contributed by atoms with Gasteiger partial charge in [0.2, 0.25) is 5.91 Å². The summed E-state index contributed by atoms with van der Waals surface area (Å²) < 4.78 is 7.01. The number of ether oxygens (including phenoxy) is 1. The maximum atomic E-state index is 12.4. The molecule has 0 aliphatic heterocycles. The van der Waals surface area contributed by atoms with E-state index in [1.807, 2.05) is 23.6 Å². The van der Waals surface area contributed by atoms with Gasteiger partial charge >= 0.3 is 0 Å². The molecule has 1 aromatic heterocycles. The fourth-order valence-corrected chi connectivity index (χ4v) is 3.28. The summed E-state index contributed by atoms with van der Waals surface area (Å²) in [5, 5.41) is 11.8. The standard InChI is InChI=1S/C18H26N4O2S/c1-13(2)15-8-5-7-14(3)17(15)20-16(23)11-25-18-21-19-12-22(18)9-6-10-24-4/h5,7-8,12-13H,6,9-11H2,1-4H3,(H,20,23). The summed E-state index contributed by atoms with van der Waals surface area (Å²) >= 11 is 1.40. The van der Waals surface area contributed by atoms with E-state index in [1.54, 1.807) is 13.4 Å². The van der Waals surface area contributed by atoms with Crippen LogP contribution in [0.25, 0.3) is 0 Å². The van der Waals surface area contributed by atoms with Gasteiger partial charge < -0.3 is 14.6 Å². The van der Waals surface area contributed by atoms with Crippen molar-refractivity contribution in [2.45, 2.75) is 44.8 Å². The molecule has 0 fully saturated rings. The van der Waals surface area contributed by atoms with Gasteiger partial charge in [0, 0.05) is 25.9 Å². The molecule has 1 amide bonds. The highest BCUT2D eigenvalue weighted by Crippen LogP contribution is 2.27. The third-order valence-corrected chi connectivity index (χ3v) is 4.83. The minimum Gasteiger partial charge on any atom is -0.385 e. The Morgan fingerprint density at radius 2 is 2.20 bits per heavy atom. The number of rotatable bonds is 9. The molecule has 0 unspecified atom stereocenters. The highest BCUT2D eigenvalue weighted by Gasteiger charge is 2.13. The van der Waals surface area contributed by atoms with E-state index in [4.69, 9.17) is 4.74 Å². The van der Waals surface area contributed by atoms with Gasteiger partial charge in [0.05, 0.1) is 5.75 Å². The van der Waals surface area contributed by atoms with Crippen LogP contribution in [0, 0.1) is 6.92 Å². The van der Waals surface area contributed by atoms with E-state index < -0.39 is 0 Å². The number of anilines is 1. The van der Waals surface area contributed by atoms with Crippen molar-refractivity contribution < 1.29 is 9.53 Å². The van der Waals surface area contributed by atoms with Crippen molar-refractivity contribution in [3.8, 4) is 0 Å². The van der Waals surface area contributed by atoms with Crippen molar-refractivity contribution in [2.24, 2.45) is 0 Å². The largest absolute Gasteiger partial charge is 0.385 e. The van der Waals surface area contributed by atoms with Crippen molar-refractivity contribution in [1.82, 2.24) is 14.8 Å². The van der Waals surface area contributed by atoms with Crippen LogP contribution < -0.4 is 5.32 Å². The van der Waals surface area contributed by atoms with E-state index in [-0.39, 0.29) is 5.91 Å². The van der Waals surface area contributed by atoms with Crippen LogP contribution in [0.4, 0.5) is 5.69 Å². The number of nitrogens with zero attached hydrogens (tertiary/aromatic N) is 3. The number of para-hydroxylation sites is 1. The number of amides is 1. The van der Waals surface area contributed by atoms with Crippen LogP contribution in [0.15, 0.2) is 29.7 Å². The molecule has 136 valence electrons. The van der Waals surface area contributed by atoms with Gasteiger partial charge in [0.15, 0.2) is 5.16 Å². The Morgan fingerprint density at radius 1 is 1.40 bits per heavy atom. The van der Waals surface area contributed by atoms with Crippen LogP contribution in [0.2, 0.25) is 0 Å². The van der Waals surface area contributed by atoms with Crippen molar-refractivity contribution in [3.05, 3.63) is 35.7 Å². The molecule has 7 heteroatoms. The minimum absolute atomic E-state index is 0.0346.